The van der Waals surface area contributed by atoms with Crippen LogP contribution < -0.4 is 5.46 Å². The van der Waals surface area contributed by atoms with Gasteiger partial charge in [0.25, 0.3) is 0 Å². The first-order chi connectivity index (χ1) is 20.1. The Balaban J connectivity index is 1.87. The van der Waals surface area contributed by atoms with E-state index in [-0.39, 0.29) is 12.8 Å². The zero-order chi connectivity index (χ0) is 33.2. The topological polar surface area (TPSA) is 95.3 Å². The summed E-state index contributed by atoms with van der Waals surface area (Å²) in [6.45, 7) is 27.7. The summed E-state index contributed by atoms with van der Waals surface area (Å²) in [5.74, 6) is 0. The third-order valence-electron chi connectivity index (χ3n) is 10.4. The number of carbonyl (C=O) groups is 1. The van der Waals surface area contributed by atoms with E-state index < -0.39 is 43.9 Å². The first-order valence-electron chi connectivity index (χ1n) is 16.2. The highest BCUT2D eigenvalue weighted by Gasteiger charge is 2.57. The van der Waals surface area contributed by atoms with Gasteiger partial charge in [-0.15, -0.1) is 0 Å². The number of methoxy groups -OCH3 is 1. The van der Waals surface area contributed by atoms with Crippen LogP contribution in [0.15, 0.2) is 18.5 Å². The van der Waals surface area contributed by atoms with Gasteiger partial charge in [-0.1, -0.05) is 41.5 Å². The maximum atomic E-state index is 13.2. The van der Waals surface area contributed by atoms with Crippen LogP contribution in [0.1, 0.15) is 108 Å². The van der Waals surface area contributed by atoms with E-state index in [1.54, 1.807) is 12.0 Å². The van der Waals surface area contributed by atoms with Crippen molar-refractivity contribution in [1.29, 1.82) is 0 Å². The second-order valence-corrected chi connectivity index (χ2v) is 21.6. The number of aliphatic hydroxyl groups is 1. The molecule has 44 heavy (non-hydrogen) atoms. The van der Waals surface area contributed by atoms with Gasteiger partial charge in [0.05, 0.1) is 16.8 Å². The van der Waals surface area contributed by atoms with Crippen molar-refractivity contribution in [2.24, 2.45) is 0 Å². The average Bonchev–Trinajstić information content (AvgIpc) is 3.36. The van der Waals surface area contributed by atoms with E-state index in [1.807, 2.05) is 54.7 Å². The van der Waals surface area contributed by atoms with Gasteiger partial charge in [-0.25, -0.2) is 9.78 Å². The van der Waals surface area contributed by atoms with E-state index in [1.165, 1.54) is 0 Å². The van der Waals surface area contributed by atoms with Crippen LogP contribution in [0, 0.1) is 0 Å². The van der Waals surface area contributed by atoms with E-state index in [9.17, 15) is 9.90 Å². The summed E-state index contributed by atoms with van der Waals surface area (Å²) >= 11 is 0. The largest absolute Gasteiger partial charge is 0.496 e. The predicted molar refractivity (Wildman–Crippen MR) is 179 cm³/mol. The monoisotopic (exact) mass is 629 g/mol. The number of nitrogens with zero attached hydrogens (tertiary/aromatic N) is 3. The highest BCUT2D eigenvalue weighted by Crippen LogP contribution is 2.49. The van der Waals surface area contributed by atoms with Gasteiger partial charge >= 0.3 is 13.2 Å². The Morgan fingerprint density at radius 2 is 1.61 bits per heavy atom. The number of hydrogen-bond donors (Lipinski definition) is 1. The van der Waals surface area contributed by atoms with Crippen LogP contribution in [-0.4, -0.2) is 77.4 Å². The summed E-state index contributed by atoms with van der Waals surface area (Å²) in [4.78, 5) is 19.8. The minimum atomic E-state index is -2.14. The average molecular weight is 630 g/mol. The number of amides is 1. The second-order valence-electron chi connectivity index (χ2n) is 15.9. The van der Waals surface area contributed by atoms with Crippen LogP contribution in [0.2, 0.25) is 16.6 Å². The van der Waals surface area contributed by atoms with Crippen molar-refractivity contribution < 1.29 is 28.7 Å². The lowest BCUT2D eigenvalue weighted by Crippen LogP contribution is -2.58. The molecule has 0 atom stereocenters. The Hall–Kier alpha value is -1.92. The molecule has 246 valence electrons. The molecule has 0 unspecified atom stereocenters. The molecule has 0 spiro atoms. The maximum absolute atomic E-state index is 13.2. The highest BCUT2D eigenvalue weighted by molar-refractivity contribution is 6.82. The molecule has 0 radical (unpaired) electrons. The standard InChI is InChI=1S/C33H56BN3O6Si/c1-21(2)44(22(3)4,23(5)6)37-16-15-25-27(26(19-35-28(25)37)34-42-31(10,11)32(12,13)43-34)33(39)17-24(18-33)36(20-40-14)29(38)41-30(7,8)9/h15-16,19,21-24,39H,17-18,20H2,1-14H3. The first kappa shape index (κ1) is 34.9. The van der Waals surface area contributed by atoms with Crippen LogP contribution in [0.3, 0.4) is 0 Å². The molecule has 1 saturated heterocycles. The summed E-state index contributed by atoms with van der Waals surface area (Å²) < 4.78 is 26.6. The van der Waals surface area contributed by atoms with E-state index in [0.29, 0.717) is 29.5 Å². The quantitative estimate of drug-likeness (QED) is 0.248. The summed E-state index contributed by atoms with van der Waals surface area (Å²) in [7, 11) is -1.28. The third-order valence-corrected chi connectivity index (χ3v) is 17.1. The molecule has 9 nitrogen and oxygen atoms in total. The normalized spacial score (nSPS) is 23.6. The van der Waals surface area contributed by atoms with E-state index in [0.717, 1.165) is 22.1 Å². The van der Waals surface area contributed by atoms with Crippen molar-refractivity contribution in [1.82, 2.24) is 14.1 Å². The molecule has 2 aliphatic rings. The van der Waals surface area contributed by atoms with Gasteiger partial charge < -0.3 is 28.1 Å². The molecule has 0 aromatic carbocycles. The van der Waals surface area contributed by atoms with Crippen LogP contribution in [0.5, 0.6) is 0 Å². The molecule has 2 aromatic heterocycles. The van der Waals surface area contributed by atoms with Crippen molar-refractivity contribution in [3.63, 3.8) is 0 Å². The molecule has 1 aliphatic heterocycles. The van der Waals surface area contributed by atoms with Gasteiger partial charge in [0.2, 0.25) is 0 Å². The van der Waals surface area contributed by atoms with Crippen molar-refractivity contribution in [3.05, 3.63) is 24.0 Å². The molecule has 3 heterocycles. The predicted octanol–water partition coefficient (Wildman–Crippen LogP) is 6.55. The fourth-order valence-electron chi connectivity index (χ4n) is 7.83. The zero-order valence-electron chi connectivity index (χ0n) is 29.6. The number of hydrogen-bond acceptors (Lipinski definition) is 7. The molecule has 1 N–H and O–H groups in total. The first-order valence-corrected chi connectivity index (χ1v) is 18.4. The van der Waals surface area contributed by atoms with Crippen molar-refractivity contribution in [3.8, 4) is 0 Å². The Bertz CT molecular complexity index is 1320. The van der Waals surface area contributed by atoms with Crippen LogP contribution in [-0.2, 0) is 24.4 Å². The van der Waals surface area contributed by atoms with Crippen LogP contribution in [0.4, 0.5) is 4.79 Å². The Morgan fingerprint density at radius 1 is 1.09 bits per heavy atom. The Kier molecular flexibility index (Phi) is 9.30. The lowest BCUT2D eigenvalue weighted by Gasteiger charge is -2.49. The molecule has 1 aliphatic carbocycles. The van der Waals surface area contributed by atoms with Crippen LogP contribution in [0.25, 0.3) is 11.0 Å². The Labute approximate surface area is 266 Å². The van der Waals surface area contributed by atoms with Gasteiger partial charge in [0.1, 0.15) is 18.0 Å². The molecular weight excluding hydrogens is 573 g/mol. The molecule has 1 amide bonds. The summed E-state index contributed by atoms with van der Waals surface area (Å²) in [6.07, 6.45) is 4.24. The fourth-order valence-corrected chi connectivity index (χ4v) is 14.4. The number of aromatic nitrogens is 2. The molecule has 2 fully saturated rings. The summed E-state index contributed by atoms with van der Waals surface area (Å²) in [5, 5.41) is 13.4. The molecule has 1 saturated carbocycles. The number of ether oxygens (including phenoxy) is 2. The molecule has 0 bridgehead atoms. The molecular formula is C33H56BN3O6Si. The third kappa shape index (κ3) is 5.76. The molecule has 4 rings (SSSR count). The number of fused-ring (bicyclic) bond motifs is 1. The lowest BCUT2D eigenvalue weighted by molar-refractivity contribution is -0.114. The number of carbonyl (C=O) groups excluding carboxylic acids is 1. The van der Waals surface area contributed by atoms with Gasteiger partial charge in [0.15, 0.2) is 8.24 Å². The fraction of sp³-hybridized carbons (Fsp3) is 0.758. The van der Waals surface area contributed by atoms with Crippen LogP contribution >= 0.6 is 0 Å². The van der Waals surface area contributed by atoms with Crippen molar-refractivity contribution in [2.75, 3.05) is 13.8 Å². The lowest BCUT2D eigenvalue weighted by atomic mass is 9.63. The van der Waals surface area contributed by atoms with Gasteiger partial charge in [-0.05, 0) is 82.9 Å². The Morgan fingerprint density at radius 3 is 2.07 bits per heavy atom. The maximum Gasteiger partial charge on any atom is 0.496 e. The SMILES string of the molecule is COCN(C(=O)OC(C)(C)C)C1CC(O)(c2c(B3OC(C)(C)C(C)(C)O3)cnc3c2ccn3[Si](C(C)C)(C(C)C)C(C)C)C1. The van der Waals surface area contributed by atoms with E-state index in [4.69, 9.17) is 23.8 Å². The minimum Gasteiger partial charge on any atom is -0.444 e. The second kappa shape index (κ2) is 11.7. The van der Waals surface area contributed by atoms with Gasteiger partial charge in [-0.3, -0.25) is 4.90 Å². The van der Waals surface area contributed by atoms with Crippen molar-refractivity contribution in [2.45, 2.75) is 148 Å². The van der Waals surface area contributed by atoms with Crippen molar-refractivity contribution >= 4 is 37.9 Å². The number of rotatable bonds is 9. The van der Waals surface area contributed by atoms with Gasteiger partial charge in [-0.2, -0.15) is 0 Å². The molecule has 2 aromatic rings. The van der Waals surface area contributed by atoms with E-state index in [2.05, 4.69) is 58.0 Å². The van der Waals surface area contributed by atoms with Gasteiger partial charge in [0, 0.05) is 43.0 Å². The number of pyridine rings is 1. The van der Waals surface area contributed by atoms with E-state index >= 15 is 0 Å². The highest BCUT2D eigenvalue weighted by atomic mass is 28.3. The smallest absolute Gasteiger partial charge is 0.444 e. The zero-order valence-corrected chi connectivity index (χ0v) is 30.6. The summed E-state index contributed by atoms with van der Waals surface area (Å²) in [5.41, 5.74) is 0.823. The molecule has 11 heteroatoms. The summed E-state index contributed by atoms with van der Waals surface area (Å²) in [6, 6.07) is 1.86. The minimum absolute atomic E-state index is 0.0765.